The van der Waals surface area contributed by atoms with Crippen LogP contribution in [-0.4, -0.2) is 33.2 Å². The number of alkyl halides is 1. The monoisotopic (exact) mass is 289 g/mol. The van der Waals surface area contributed by atoms with Gasteiger partial charge in [0.05, 0.1) is 4.43 Å². The van der Waals surface area contributed by atoms with Crippen molar-refractivity contribution < 1.29 is 14.7 Å². The maximum absolute atomic E-state index is 10.7. The topological polar surface area (TPSA) is 66.4 Å². The molecule has 64 valence electrons. The lowest BCUT2D eigenvalue weighted by atomic mass is 10.3. The van der Waals surface area contributed by atoms with E-state index in [-0.39, 0.29) is 16.1 Å². The van der Waals surface area contributed by atoms with E-state index in [0.717, 1.165) is 0 Å². The van der Waals surface area contributed by atoms with E-state index in [2.05, 4.69) is 17.9 Å². The molecule has 4 nitrogen and oxygen atoms in total. The first-order chi connectivity index (χ1) is 5.11. The van der Waals surface area contributed by atoms with Crippen LogP contribution in [0.2, 0.25) is 0 Å². The average Bonchev–Trinajstić information content (AvgIpc) is 1.99. The Hall–Kier alpha value is 0.0200. The van der Waals surface area contributed by atoms with Crippen LogP contribution < -0.4 is 5.32 Å². The minimum absolute atomic E-state index is 0.109. The largest absolute Gasteiger partial charge is 0.480 e. The van der Waals surface area contributed by atoms with Crippen LogP contribution in [0.1, 0.15) is 0 Å². The minimum atomic E-state index is -1.06. The SMILES string of the molecule is O=C(CI)NC(CS)C(=O)O. The normalized spacial score (nSPS) is 12.2. The molecular formula is C5H8INO3S. The highest BCUT2D eigenvalue weighted by Crippen LogP contribution is 1.89. The third-order valence-corrected chi connectivity index (χ3v) is 2.00. The molecule has 1 unspecified atom stereocenters. The van der Waals surface area contributed by atoms with E-state index >= 15 is 0 Å². The predicted octanol–water partition coefficient (Wildman–Crippen LogP) is -0.0794. The Morgan fingerprint density at radius 2 is 2.18 bits per heavy atom. The van der Waals surface area contributed by atoms with Crippen LogP contribution in [0.5, 0.6) is 0 Å². The van der Waals surface area contributed by atoms with Crippen molar-refractivity contribution in [2.45, 2.75) is 6.04 Å². The summed E-state index contributed by atoms with van der Waals surface area (Å²) >= 11 is 5.63. The number of thiol groups is 1. The number of aliphatic carboxylic acids is 1. The van der Waals surface area contributed by atoms with E-state index in [1.54, 1.807) is 0 Å². The van der Waals surface area contributed by atoms with Crippen LogP contribution in [0.15, 0.2) is 0 Å². The van der Waals surface area contributed by atoms with Gasteiger partial charge in [0, 0.05) is 5.75 Å². The molecule has 1 atom stereocenters. The molecule has 0 aliphatic carbocycles. The molecule has 0 aromatic carbocycles. The Balaban J connectivity index is 3.88. The quantitative estimate of drug-likeness (QED) is 0.385. The van der Waals surface area contributed by atoms with Crippen molar-refractivity contribution in [2.24, 2.45) is 0 Å². The molecular weight excluding hydrogens is 281 g/mol. The van der Waals surface area contributed by atoms with Gasteiger partial charge in [0.15, 0.2) is 0 Å². The van der Waals surface area contributed by atoms with Crippen molar-refractivity contribution in [3.63, 3.8) is 0 Å². The molecule has 0 aromatic rings. The summed E-state index contributed by atoms with van der Waals surface area (Å²) in [5.74, 6) is -1.23. The standard InChI is InChI=1S/C5H8INO3S/c6-1-4(8)7-3(2-11)5(9)10/h3,11H,1-2H2,(H,7,8)(H,9,10). The fraction of sp³-hybridized carbons (Fsp3) is 0.600. The number of nitrogens with one attached hydrogen (secondary N) is 1. The van der Waals surface area contributed by atoms with E-state index < -0.39 is 12.0 Å². The summed E-state index contributed by atoms with van der Waals surface area (Å²) in [5.41, 5.74) is 0. The van der Waals surface area contributed by atoms with E-state index in [1.807, 2.05) is 22.6 Å². The molecule has 0 fully saturated rings. The highest BCUT2D eigenvalue weighted by atomic mass is 127. The molecule has 0 rings (SSSR count). The lowest BCUT2D eigenvalue weighted by Crippen LogP contribution is -2.42. The van der Waals surface area contributed by atoms with Crippen molar-refractivity contribution in [1.29, 1.82) is 0 Å². The molecule has 0 spiro atoms. The zero-order valence-corrected chi connectivity index (χ0v) is 8.63. The summed E-state index contributed by atoms with van der Waals surface area (Å²) in [6.07, 6.45) is 0. The summed E-state index contributed by atoms with van der Waals surface area (Å²) in [5, 5.41) is 10.7. The molecule has 0 aliphatic rings. The lowest BCUT2D eigenvalue weighted by Gasteiger charge is -2.09. The van der Waals surface area contributed by atoms with Gasteiger partial charge in [-0.1, -0.05) is 22.6 Å². The van der Waals surface area contributed by atoms with E-state index in [4.69, 9.17) is 5.11 Å². The van der Waals surface area contributed by atoms with E-state index in [1.165, 1.54) is 0 Å². The number of carboxylic acid groups (broad SMARTS) is 1. The molecule has 0 saturated carbocycles. The molecule has 0 radical (unpaired) electrons. The van der Waals surface area contributed by atoms with Crippen LogP contribution in [0.4, 0.5) is 0 Å². The first-order valence-corrected chi connectivity index (χ1v) is 4.96. The minimum Gasteiger partial charge on any atom is -0.480 e. The first-order valence-electron chi connectivity index (χ1n) is 2.80. The highest BCUT2D eigenvalue weighted by Gasteiger charge is 2.16. The summed E-state index contributed by atoms with van der Waals surface area (Å²) in [4.78, 5) is 21.0. The number of carboxylic acids is 1. The Morgan fingerprint density at radius 1 is 1.64 bits per heavy atom. The van der Waals surface area contributed by atoms with Gasteiger partial charge in [-0.2, -0.15) is 12.6 Å². The van der Waals surface area contributed by atoms with Crippen LogP contribution in [0, 0.1) is 0 Å². The number of carbonyl (C=O) groups is 2. The Bertz CT molecular complexity index is 164. The van der Waals surface area contributed by atoms with Crippen LogP contribution >= 0.6 is 35.2 Å². The van der Waals surface area contributed by atoms with Gasteiger partial charge in [0.25, 0.3) is 0 Å². The zero-order chi connectivity index (χ0) is 8.85. The van der Waals surface area contributed by atoms with Crippen LogP contribution in [0.3, 0.4) is 0 Å². The van der Waals surface area contributed by atoms with Gasteiger partial charge in [0.1, 0.15) is 6.04 Å². The highest BCUT2D eigenvalue weighted by molar-refractivity contribution is 14.1. The van der Waals surface area contributed by atoms with Gasteiger partial charge in [-0.05, 0) is 0 Å². The predicted molar refractivity (Wildman–Crippen MR) is 52.3 cm³/mol. The summed E-state index contributed by atoms with van der Waals surface area (Å²) in [6.45, 7) is 0. The van der Waals surface area contributed by atoms with Gasteiger partial charge in [-0.25, -0.2) is 4.79 Å². The lowest BCUT2D eigenvalue weighted by molar-refractivity contribution is -0.140. The van der Waals surface area contributed by atoms with Crippen molar-refractivity contribution in [3.8, 4) is 0 Å². The third-order valence-electron chi connectivity index (χ3n) is 0.937. The van der Waals surface area contributed by atoms with Crippen LogP contribution in [0.25, 0.3) is 0 Å². The molecule has 6 heteroatoms. The molecule has 11 heavy (non-hydrogen) atoms. The Morgan fingerprint density at radius 3 is 2.45 bits per heavy atom. The van der Waals surface area contributed by atoms with E-state index in [9.17, 15) is 9.59 Å². The number of halogens is 1. The molecule has 0 aromatic heterocycles. The van der Waals surface area contributed by atoms with Crippen LogP contribution in [-0.2, 0) is 9.59 Å². The average molecular weight is 289 g/mol. The Labute approximate surface area is 83.3 Å². The zero-order valence-electron chi connectivity index (χ0n) is 5.58. The number of carbonyl (C=O) groups excluding carboxylic acids is 1. The maximum Gasteiger partial charge on any atom is 0.327 e. The maximum atomic E-state index is 10.7. The second-order valence-electron chi connectivity index (χ2n) is 1.77. The summed E-state index contributed by atoms with van der Waals surface area (Å²) < 4.78 is 0.259. The van der Waals surface area contributed by atoms with E-state index in [0.29, 0.717) is 0 Å². The van der Waals surface area contributed by atoms with Crippen molar-refractivity contribution >= 4 is 47.1 Å². The first kappa shape index (κ1) is 11.0. The third kappa shape index (κ3) is 4.46. The molecule has 0 aliphatic heterocycles. The van der Waals surface area contributed by atoms with Gasteiger partial charge in [-0.15, -0.1) is 0 Å². The second kappa shape index (κ2) is 5.64. The molecule has 0 bridgehead atoms. The fourth-order valence-electron chi connectivity index (χ4n) is 0.418. The molecule has 2 N–H and O–H groups in total. The number of hydrogen-bond donors (Lipinski definition) is 3. The smallest absolute Gasteiger partial charge is 0.327 e. The van der Waals surface area contributed by atoms with Gasteiger partial charge in [-0.3, -0.25) is 4.79 Å². The van der Waals surface area contributed by atoms with Crippen molar-refractivity contribution in [1.82, 2.24) is 5.32 Å². The summed E-state index contributed by atoms with van der Waals surface area (Å²) in [7, 11) is 0. The van der Waals surface area contributed by atoms with Crippen molar-refractivity contribution in [2.75, 3.05) is 10.2 Å². The molecule has 0 heterocycles. The number of amides is 1. The second-order valence-corrected chi connectivity index (χ2v) is 2.90. The molecule has 0 saturated heterocycles. The number of rotatable bonds is 4. The van der Waals surface area contributed by atoms with Gasteiger partial charge in [0.2, 0.25) is 5.91 Å². The van der Waals surface area contributed by atoms with Crippen molar-refractivity contribution in [3.05, 3.63) is 0 Å². The fourth-order valence-corrected chi connectivity index (χ4v) is 0.886. The summed E-state index contributed by atoms with van der Waals surface area (Å²) in [6, 6.07) is -0.874. The molecule has 1 amide bonds. The van der Waals surface area contributed by atoms with Gasteiger partial charge < -0.3 is 10.4 Å². The van der Waals surface area contributed by atoms with Gasteiger partial charge >= 0.3 is 5.97 Å². The Kier molecular flexibility index (Phi) is 5.65. The number of hydrogen-bond acceptors (Lipinski definition) is 3.